The van der Waals surface area contributed by atoms with Crippen molar-refractivity contribution in [1.82, 2.24) is 9.55 Å². The lowest BCUT2D eigenvalue weighted by Gasteiger charge is -2.04. The second-order valence-corrected chi connectivity index (χ2v) is 5.49. The molecule has 0 saturated carbocycles. The van der Waals surface area contributed by atoms with Crippen LogP contribution < -0.4 is 0 Å². The van der Waals surface area contributed by atoms with E-state index in [1.807, 2.05) is 30.3 Å². The largest absolute Gasteiger partial charge is 0.389 e. The zero-order valence-electron chi connectivity index (χ0n) is 11.3. The van der Waals surface area contributed by atoms with Crippen LogP contribution in [-0.2, 0) is 6.54 Å². The van der Waals surface area contributed by atoms with Crippen molar-refractivity contribution in [3.63, 3.8) is 0 Å². The van der Waals surface area contributed by atoms with Crippen LogP contribution in [-0.4, -0.2) is 25.7 Å². The fraction of sp³-hybridized carbons (Fsp3) is 0.214. The van der Waals surface area contributed by atoms with E-state index in [4.69, 9.17) is 0 Å². The Hall–Kier alpha value is -1.99. The predicted octanol–water partition coefficient (Wildman–Crippen LogP) is 3.11. The van der Waals surface area contributed by atoms with E-state index in [0.717, 1.165) is 10.0 Å². The van der Waals surface area contributed by atoms with Gasteiger partial charge in [0.2, 0.25) is 5.82 Å². The number of aromatic nitrogens is 2. The van der Waals surface area contributed by atoms with Crippen molar-refractivity contribution in [3.8, 4) is 0 Å². The summed E-state index contributed by atoms with van der Waals surface area (Å²) in [6, 6.07) is 7.64. The van der Waals surface area contributed by atoms with E-state index in [0.29, 0.717) is 5.82 Å². The molecular weight excluding hydrogens is 338 g/mol. The summed E-state index contributed by atoms with van der Waals surface area (Å²) in [4.78, 5) is 14.5. The molecule has 0 bridgehead atoms. The number of hydrogen-bond acceptors (Lipinski definition) is 4. The highest BCUT2D eigenvalue weighted by Gasteiger charge is 2.19. The number of hydrogen-bond donors (Lipinski definition) is 1. The van der Waals surface area contributed by atoms with Gasteiger partial charge in [0.1, 0.15) is 12.7 Å². The normalized spacial score (nSPS) is 12.7. The molecular formula is C14H14BrN3O3. The molecule has 0 fully saturated rings. The summed E-state index contributed by atoms with van der Waals surface area (Å²) in [5, 5.41) is 20.4. The maximum Gasteiger partial charge on any atom is 0.343 e. The zero-order valence-corrected chi connectivity index (χ0v) is 12.9. The lowest BCUT2D eigenvalue weighted by molar-refractivity contribution is -0.392. The van der Waals surface area contributed by atoms with Crippen LogP contribution in [0.15, 0.2) is 34.9 Å². The first-order valence-corrected chi connectivity index (χ1v) is 7.08. The fourth-order valence-electron chi connectivity index (χ4n) is 1.86. The van der Waals surface area contributed by atoms with Gasteiger partial charge in [-0.2, -0.15) is 0 Å². The highest BCUT2D eigenvalue weighted by molar-refractivity contribution is 9.10. The number of imidazole rings is 1. The number of nitro groups is 1. The molecule has 1 N–H and O–H groups in total. The van der Waals surface area contributed by atoms with Gasteiger partial charge in [-0.05, 0) is 35.6 Å². The molecule has 1 aromatic heterocycles. The second kappa shape index (κ2) is 6.64. The van der Waals surface area contributed by atoms with Gasteiger partial charge in [-0.15, -0.1) is 0 Å². The first-order valence-electron chi connectivity index (χ1n) is 6.29. The summed E-state index contributed by atoms with van der Waals surface area (Å²) in [5.41, 5.74) is 0.951. The van der Waals surface area contributed by atoms with Crippen LogP contribution in [0.1, 0.15) is 18.3 Å². The Morgan fingerprint density at radius 1 is 1.43 bits per heavy atom. The van der Waals surface area contributed by atoms with Gasteiger partial charge in [0.25, 0.3) is 0 Å². The van der Waals surface area contributed by atoms with Crippen LogP contribution in [0.25, 0.3) is 12.2 Å². The molecule has 1 unspecified atom stereocenters. The van der Waals surface area contributed by atoms with Crippen molar-refractivity contribution in [3.05, 3.63) is 56.4 Å². The molecule has 1 atom stereocenters. The Balaban J connectivity index is 2.30. The third-order valence-electron chi connectivity index (χ3n) is 2.79. The van der Waals surface area contributed by atoms with Crippen molar-refractivity contribution >= 4 is 33.9 Å². The molecule has 0 aliphatic heterocycles. The van der Waals surface area contributed by atoms with E-state index in [1.54, 1.807) is 13.0 Å². The molecule has 2 aromatic rings. The number of aliphatic hydroxyl groups is 1. The number of halogens is 1. The van der Waals surface area contributed by atoms with Gasteiger partial charge in [-0.25, -0.2) is 9.55 Å². The number of nitrogens with zero attached hydrogens (tertiary/aromatic N) is 3. The molecule has 6 nitrogen and oxygen atoms in total. The predicted molar refractivity (Wildman–Crippen MR) is 83.6 cm³/mol. The molecule has 21 heavy (non-hydrogen) atoms. The monoisotopic (exact) mass is 351 g/mol. The number of aliphatic hydroxyl groups excluding tert-OH is 1. The third-order valence-corrected chi connectivity index (χ3v) is 3.32. The maximum absolute atomic E-state index is 11.0. The van der Waals surface area contributed by atoms with E-state index >= 15 is 0 Å². The molecule has 1 aromatic carbocycles. The van der Waals surface area contributed by atoms with Crippen LogP contribution >= 0.6 is 15.9 Å². The van der Waals surface area contributed by atoms with Gasteiger partial charge in [0.05, 0.1) is 6.10 Å². The minimum absolute atomic E-state index is 0.121. The molecule has 0 aliphatic carbocycles. The summed E-state index contributed by atoms with van der Waals surface area (Å²) in [6.07, 6.45) is 4.01. The molecule has 0 amide bonds. The van der Waals surface area contributed by atoms with E-state index in [1.165, 1.54) is 10.8 Å². The molecule has 0 saturated heterocycles. The summed E-state index contributed by atoms with van der Waals surface area (Å²) >= 11 is 3.36. The lowest BCUT2D eigenvalue weighted by atomic mass is 10.2. The summed E-state index contributed by atoms with van der Waals surface area (Å²) in [7, 11) is 0. The van der Waals surface area contributed by atoms with E-state index in [2.05, 4.69) is 20.9 Å². The van der Waals surface area contributed by atoms with Crippen molar-refractivity contribution in [2.75, 3.05) is 0 Å². The van der Waals surface area contributed by atoms with Crippen LogP contribution in [0.3, 0.4) is 0 Å². The standard InChI is InChI=1S/C14H14BrN3O3/c1-10(19)9-17-13(16-8-14(17)18(20)21)7-4-11-2-5-12(15)6-3-11/h2-8,10,19H,9H2,1H3/b7-4+. The first-order chi connectivity index (χ1) is 9.97. The SMILES string of the molecule is CC(O)Cn1c([N+](=O)[O-])cnc1/C=C/c1ccc(Br)cc1. The first kappa shape index (κ1) is 15.4. The minimum Gasteiger partial charge on any atom is -0.389 e. The van der Waals surface area contributed by atoms with Gasteiger partial charge in [-0.1, -0.05) is 28.1 Å². The minimum atomic E-state index is -0.697. The Morgan fingerprint density at radius 3 is 2.67 bits per heavy atom. The van der Waals surface area contributed by atoms with Gasteiger partial charge in [0.15, 0.2) is 0 Å². The smallest absolute Gasteiger partial charge is 0.343 e. The van der Waals surface area contributed by atoms with Crippen LogP contribution in [0.5, 0.6) is 0 Å². The quantitative estimate of drug-likeness (QED) is 0.662. The average Bonchev–Trinajstić information content (AvgIpc) is 2.80. The van der Waals surface area contributed by atoms with Crippen LogP contribution in [0, 0.1) is 10.1 Å². The van der Waals surface area contributed by atoms with Crippen molar-refractivity contribution in [2.24, 2.45) is 0 Å². The second-order valence-electron chi connectivity index (χ2n) is 4.58. The molecule has 0 aliphatic rings. The highest BCUT2D eigenvalue weighted by atomic mass is 79.9. The summed E-state index contributed by atoms with van der Waals surface area (Å²) < 4.78 is 2.37. The topological polar surface area (TPSA) is 81.2 Å². The van der Waals surface area contributed by atoms with Crippen molar-refractivity contribution < 1.29 is 10.0 Å². The lowest BCUT2D eigenvalue weighted by Crippen LogP contribution is -2.14. The Bertz CT molecular complexity index is 663. The zero-order chi connectivity index (χ0) is 15.4. The van der Waals surface area contributed by atoms with E-state index in [-0.39, 0.29) is 12.4 Å². The van der Waals surface area contributed by atoms with Crippen molar-refractivity contribution in [1.29, 1.82) is 0 Å². The third kappa shape index (κ3) is 3.99. The number of rotatable bonds is 5. The molecule has 0 spiro atoms. The van der Waals surface area contributed by atoms with Gasteiger partial charge in [-0.3, -0.25) is 0 Å². The maximum atomic E-state index is 11.0. The molecule has 7 heteroatoms. The molecule has 1 heterocycles. The van der Waals surface area contributed by atoms with Gasteiger partial charge < -0.3 is 15.2 Å². The van der Waals surface area contributed by atoms with E-state index in [9.17, 15) is 15.2 Å². The Labute approximate surface area is 130 Å². The highest BCUT2D eigenvalue weighted by Crippen LogP contribution is 2.18. The Kier molecular flexibility index (Phi) is 4.87. The van der Waals surface area contributed by atoms with Crippen molar-refractivity contribution in [2.45, 2.75) is 19.6 Å². The van der Waals surface area contributed by atoms with Gasteiger partial charge >= 0.3 is 5.82 Å². The van der Waals surface area contributed by atoms with Crippen LogP contribution in [0.4, 0.5) is 5.82 Å². The summed E-state index contributed by atoms with van der Waals surface area (Å²) in [6.45, 7) is 1.70. The molecule has 2 rings (SSSR count). The average molecular weight is 352 g/mol. The molecule has 0 radical (unpaired) electrons. The van der Waals surface area contributed by atoms with Gasteiger partial charge in [0, 0.05) is 10.5 Å². The number of benzene rings is 1. The fourth-order valence-corrected chi connectivity index (χ4v) is 2.12. The molecule has 110 valence electrons. The van der Waals surface area contributed by atoms with Crippen LogP contribution in [0.2, 0.25) is 0 Å². The Morgan fingerprint density at radius 2 is 2.10 bits per heavy atom. The summed E-state index contributed by atoms with van der Waals surface area (Å²) in [5.74, 6) is 0.303. The van der Waals surface area contributed by atoms with E-state index < -0.39 is 11.0 Å².